The van der Waals surface area contributed by atoms with Crippen LogP contribution in [-0.2, 0) is 38.7 Å². The number of benzene rings is 1. The predicted molar refractivity (Wildman–Crippen MR) is 209 cm³/mol. The number of sulfonamides is 1. The lowest BCUT2D eigenvalue weighted by molar-refractivity contribution is -0.160. The van der Waals surface area contributed by atoms with E-state index in [1.165, 1.54) is 4.90 Å². The zero-order chi connectivity index (χ0) is 40.4. The van der Waals surface area contributed by atoms with Gasteiger partial charge in [0.1, 0.15) is 24.1 Å². The van der Waals surface area contributed by atoms with Gasteiger partial charge in [0.2, 0.25) is 27.7 Å². The first-order chi connectivity index (χ1) is 26.5. The van der Waals surface area contributed by atoms with Crippen molar-refractivity contribution in [2.24, 2.45) is 29.1 Å². The Morgan fingerprint density at radius 1 is 1.04 bits per heavy atom. The third kappa shape index (κ3) is 9.73. The lowest BCUT2D eigenvalue weighted by atomic mass is 9.82. The van der Waals surface area contributed by atoms with E-state index < -0.39 is 56.2 Å². The van der Waals surface area contributed by atoms with Gasteiger partial charge in [0, 0.05) is 30.7 Å². The van der Waals surface area contributed by atoms with Gasteiger partial charge < -0.3 is 23.8 Å². The zero-order valence-electron chi connectivity index (χ0n) is 33.5. The third-order valence-electron chi connectivity index (χ3n) is 11.5. The Labute approximate surface area is 330 Å². The number of hydrogen-bond acceptors (Lipinski definition) is 11. The van der Waals surface area contributed by atoms with Gasteiger partial charge in [-0.1, -0.05) is 44.2 Å². The average molecular weight is 796 g/mol. The maximum Gasteiger partial charge on any atom is 0.307 e. The largest absolute Gasteiger partial charge is 0.489 e. The maximum atomic E-state index is 14.9. The Kier molecular flexibility index (Phi) is 12.5. The van der Waals surface area contributed by atoms with Gasteiger partial charge in [0.15, 0.2) is 5.78 Å². The minimum atomic E-state index is -3.86. The van der Waals surface area contributed by atoms with Gasteiger partial charge in [-0.25, -0.2) is 13.4 Å². The summed E-state index contributed by atoms with van der Waals surface area (Å²) in [6.45, 7) is 10.2. The molecule has 14 heteroatoms. The maximum absolute atomic E-state index is 14.9. The molecule has 1 aromatic carbocycles. The van der Waals surface area contributed by atoms with Crippen LogP contribution in [-0.4, -0.2) is 91.7 Å². The first-order valence-electron chi connectivity index (χ1n) is 19.9. The number of amides is 2. The predicted octanol–water partition coefficient (Wildman–Crippen LogP) is 5.54. The molecule has 56 heavy (non-hydrogen) atoms. The van der Waals surface area contributed by atoms with Crippen molar-refractivity contribution in [3.8, 4) is 11.6 Å². The van der Waals surface area contributed by atoms with Crippen LogP contribution in [0, 0.1) is 29.1 Å². The van der Waals surface area contributed by atoms with E-state index in [2.05, 4.69) is 16.6 Å². The van der Waals surface area contributed by atoms with E-state index in [-0.39, 0.29) is 55.3 Å². The summed E-state index contributed by atoms with van der Waals surface area (Å²) in [7, 11) is -2.26. The number of carbonyl (C=O) groups excluding carboxylic acids is 4. The van der Waals surface area contributed by atoms with Crippen molar-refractivity contribution in [2.75, 3.05) is 26.9 Å². The summed E-state index contributed by atoms with van der Waals surface area (Å²) in [5.41, 5.74) is -2.01. The Hall–Kier alpha value is -4.04. The number of aromatic nitrogens is 1. The Morgan fingerprint density at radius 3 is 2.46 bits per heavy atom. The molecule has 0 spiro atoms. The quantitative estimate of drug-likeness (QED) is 0.172. The minimum Gasteiger partial charge on any atom is -0.489 e. The van der Waals surface area contributed by atoms with Gasteiger partial charge in [-0.2, -0.15) is 0 Å². The van der Waals surface area contributed by atoms with Gasteiger partial charge in [-0.15, -0.1) is 0 Å². The van der Waals surface area contributed by atoms with Crippen LogP contribution in [0.1, 0.15) is 92.4 Å². The summed E-state index contributed by atoms with van der Waals surface area (Å²) in [5.74, 6) is -2.12. The second-order valence-electron chi connectivity index (χ2n) is 17.3. The fraction of sp³-hybridized carbons (Fsp3) is 0.643. The SMILES string of the molecule is COCCOc1cnc(O[C@@H]2C[C@H]3C(=O)C[C@]4(C(=O)NS(=O)(=O)C5CC5)C[C@H]4/C=C\CC[C@@H](C)C[C@@H](C)[C@H](CC(=O)OC(C)(C)C)C(=O)N3C2)c2ccccc12. The lowest BCUT2D eigenvalue weighted by Crippen LogP contribution is -2.47. The number of nitrogens with zero attached hydrogens (tertiary/aromatic N) is 2. The normalized spacial score (nSPS) is 29.4. The van der Waals surface area contributed by atoms with Crippen LogP contribution in [0.5, 0.6) is 11.6 Å². The van der Waals surface area contributed by atoms with E-state index in [0.717, 1.165) is 18.2 Å². The molecule has 4 aliphatic rings. The summed E-state index contributed by atoms with van der Waals surface area (Å²) < 4.78 is 51.4. The van der Waals surface area contributed by atoms with Gasteiger partial charge in [0.05, 0.1) is 48.4 Å². The number of carbonyl (C=O) groups is 4. The molecule has 3 fully saturated rings. The van der Waals surface area contributed by atoms with Crippen molar-refractivity contribution in [3.63, 3.8) is 0 Å². The minimum absolute atomic E-state index is 0.0447. The number of methoxy groups -OCH3 is 1. The summed E-state index contributed by atoms with van der Waals surface area (Å²) >= 11 is 0. The second-order valence-corrected chi connectivity index (χ2v) is 19.3. The van der Waals surface area contributed by atoms with Crippen LogP contribution < -0.4 is 14.2 Å². The zero-order valence-corrected chi connectivity index (χ0v) is 34.3. The highest BCUT2D eigenvalue weighted by molar-refractivity contribution is 7.90. The average Bonchev–Trinajstić information content (AvgIpc) is 4.05. The second kappa shape index (κ2) is 16.8. The molecule has 2 saturated carbocycles. The van der Waals surface area contributed by atoms with Crippen LogP contribution >= 0.6 is 0 Å². The number of ether oxygens (including phenoxy) is 4. The first-order valence-corrected chi connectivity index (χ1v) is 21.5. The number of ketones is 1. The van der Waals surface area contributed by atoms with Crippen LogP contribution in [0.15, 0.2) is 42.6 Å². The van der Waals surface area contributed by atoms with E-state index >= 15 is 0 Å². The molecule has 1 saturated heterocycles. The molecule has 0 radical (unpaired) electrons. The van der Waals surface area contributed by atoms with E-state index in [4.69, 9.17) is 18.9 Å². The van der Waals surface area contributed by atoms with Gasteiger partial charge in [-0.3, -0.25) is 23.9 Å². The molecule has 0 unspecified atom stereocenters. The number of allylic oxidation sites excluding steroid dienone is 2. The number of Topliss-reactive ketones (excluding diaryl/α,β-unsaturated/α-hetero) is 1. The van der Waals surface area contributed by atoms with Crippen molar-refractivity contribution in [1.29, 1.82) is 0 Å². The molecule has 2 aromatic rings. The van der Waals surface area contributed by atoms with Crippen LogP contribution in [0.3, 0.4) is 0 Å². The summed E-state index contributed by atoms with van der Waals surface area (Å²) in [6.07, 6.45) is 8.12. The Balaban J connectivity index is 1.34. The van der Waals surface area contributed by atoms with Crippen molar-refractivity contribution < 1.29 is 46.5 Å². The summed E-state index contributed by atoms with van der Waals surface area (Å²) in [4.78, 5) is 62.8. The number of pyridine rings is 1. The highest BCUT2D eigenvalue weighted by atomic mass is 32.2. The van der Waals surface area contributed by atoms with Crippen LogP contribution in [0.4, 0.5) is 0 Å². The number of nitrogens with one attached hydrogen (secondary N) is 1. The molecule has 2 aliphatic heterocycles. The number of rotatable bonds is 11. The molecule has 7 atom stereocenters. The molecule has 3 heterocycles. The summed E-state index contributed by atoms with van der Waals surface area (Å²) in [6, 6.07) is 6.52. The first kappa shape index (κ1) is 41.6. The Morgan fingerprint density at radius 2 is 1.77 bits per heavy atom. The fourth-order valence-electron chi connectivity index (χ4n) is 8.29. The lowest BCUT2D eigenvalue weighted by Gasteiger charge is -2.32. The summed E-state index contributed by atoms with van der Waals surface area (Å²) in [5, 5.41) is 0.862. The van der Waals surface area contributed by atoms with E-state index in [1.54, 1.807) is 34.1 Å². The van der Waals surface area contributed by atoms with Crippen molar-refractivity contribution in [2.45, 2.75) is 115 Å². The highest BCUT2D eigenvalue weighted by Gasteiger charge is 2.61. The highest BCUT2D eigenvalue weighted by Crippen LogP contribution is 2.57. The molecule has 0 bridgehead atoms. The molecule has 2 amide bonds. The smallest absolute Gasteiger partial charge is 0.307 e. The standard InChI is InChI=1S/C42H57N3O10S/c1-26-11-7-8-12-28-22-42(28,40(49)44-56(50,51)30-15-16-30)23-35(46)34-20-29(25-45(34)39(48)33(27(2)19-26)21-37(47)55-41(3,4)5)54-38-32-14-10-9-13-31(32)36(24-43-38)53-18-17-52-6/h8-10,12-14,24,26-30,33-34H,7,11,15-23,25H2,1-6H3,(H,44,49)/b12-8-/t26-,27-,28-,29-,33+,34+,42-/m1/s1. The van der Waals surface area contributed by atoms with Crippen LogP contribution in [0.25, 0.3) is 10.8 Å². The topological polar surface area (TPSA) is 167 Å². The molecule has 1 N–H and O–H groups in total. The molecule has 1 aromatic heterocycles. The van der Waals surface area contributed by atoms with Crippen molar-refractivity contribution >= 4 is 44.4 Å². The molecule has 2 aliphatic carbocycles. The van der Waals surface area contributed by atoms with E-state index in [9.17, 15) is 27.6 Å². The Bertz CT molecular complexity index is 1940. The monoisotopic (exact) mass is 795 g/mol. The number of esters is 1. The number of fused-ring (bicyclic) bond motifs is 3. The number of hydrogen-bond donors (Lipinski definition) is 1. The van der Waals surface area contributed by atoms with Gasteiger partial charge in [-0.05, 0) is 83.1 Å². The third-order valence-corrected chi connectivity index (χ3v) is 13.3. The van der Waals surface area contributed by atoms with E-state index in [0.29, 0.717) is 55.9 Å². The van der Waals surface area contributed by atoms with Crippen molar-refractivity contribution in [3.05, 3.63) is 42.6 Å². The molecular formula is C42H57N3O10S. The fourth-order valence-corrected chi connectivity index (χ4v) is 9.68. The van der Waals surface area contributed by atoms with Gasteiger partial charge in [0.25, 0.3) is 0 Å². The van der Waals surface area contributed by atoms with Crippen molar-refractivity contribution in [1.82, 2.24) is 14.6 Å². The molecule has 6 rings (SSSR count). The van der Waals surface area contributed by atoms with Crippen LogP contribution in [0.2, 0.25) is 0 Å². The molecular weight excluding hydrogens is 739 g/mol. The van der Waals surface area contributed by atoms with E-state index in [1.807, 2.05) is 43.3 Å². The molecule has 13 nitrogen and oxygen atoms in total. The van der Waals surface area contributed by atoms with Gasteiger partial charge >= 0.3 is 5.97 Å². The molecule has 306 valence electrons.